The first-order valence-corrected chi connectivity index (χ1v) is 7.49. The monoisotopic (exact) mass is 336 g/mol. The number of hydrogen-bond donors (Lipinski definition) is 2. The maximum Gasteiger partial charge on any atom is 0.323 e. The highest BCUT2D eigenvalue weighted by atomic mass is 16.5. The number of amides is 2. The Morgan fingerprint density at radius 3 is 2.32 bits per heavy atom. The third-order valence-corrected chi connectivity index (χ3v) is 3.21. The SMILES string of the molecule is COc1ncncc1Oc1ccc(NC(=O)Nc2ccccc2)cc1. The van der Waals surface area contributed by atoms with Gasteiger partial charge >= 0.3 is 6.03 Å². The summed E-state index contributed by atoms with van der Waals surface area (Å²) in [6.45, 7) is 0. The number of nitrogens with zero attached hydrogens (tertiary/aromatic N) is 2. The van der Waals surface area contributed by atoms with Crippen LogP contribution in [0.4, 0.5) is 16.2 Å². The van der Waals surface area contributed by atoms with Gasteiger partial charge in [0.25, 0.3) is 5.88 Å². The number of ether oxygens (including phenoxy) is 2. The molecule has 0 bridgehead atoms. The molecule has 7 nitrogen and oxygen atoms in total. The molecule has 25 heavy (non-hydrogen) atoms. The van der Waals surface area contributed by atoms with Gasteiger partial charge in [-0.2, -0.15) is 4.98 Å². The lowest BCUT2D eigenvalue weighted by molar-refractivity contribution is 0.262. The van der Waals surface area contributed by atoms with Crippen molar-refractivity contribution in [1.29, 1.82) is 0 Å². The number of para-hydroxylation sites is 1. The van der Waals surface area contributed by atoms with Crippen LogP contribution in [0.2, 0.25) is 0 Å². The van der Waals surface area contributed by atoms with Crippen molar-refractivity contribution in [3.05, 3.63) is 67.1 Å². The summed E-state index contributed by atoms with van der Waals surface area (Å²) in [6.07, 6.45) is 2.90. The zero-order chi connectivity index (χ0) is 17.5. The van der Waals surface area contributed by atoms with E-state index in [0.717, 1.165) is 5.69 Å². The van der Waals surface area contributed by atoms with Crippen LogP contribution in [0.1, 0.15) is 0 Å². The Bertz CT molecular complexity index is 838. The molecule has 0 saturated carbocycles. The van der Waals surface area contributed by atoms with Crippen molar-refractivity contribution in [1.82, 2.24) is 9.97 Å². The number of anilines is 2. The summed E-state index contributed by atoms with van der Waals surface area (Å²) < 4.78 is 10.8. The Kier molecular flexibility index (Phi) is 5.06. The van der Waals surface area contributed by atoms with Crippen molar-refractivity contribution in [3.8, 4) is 17.4 Å². The van der Waals surface area contributed by atoms with E-state index in [0.29, 0.717) is 23.1 Å². The molecule has 2 aromatic carbocycles. The van der Waals surface area contributed by atoms with Gasteiger partial charge in [-0.25, -0.2) is 9.78 Å². The summed E-state index contributed by atoms with van der Waals surface area (Å²) in [5.41, 5.74) is 1.35. The quantitative estimate of drug-likeness (QED) is 0.737. The molecule has 0 aliphatic carbocycles. The van der Waals surface area contributed by atoms with E-state index in [1.54, 1.807) is 24.3 Å². The summed E-state index contributed by atoms with van der Waals surface area (Å²) in [6, 6.07) is 15.8. The van der Waals surface area contributed by atoms with Crippen molar-refractivity contribution >= 4 is 17.4 Å². The molecule has 0 aliphatic rings. The number of hydrogen-bond acceptors (Lipinski definition) is 5. The van der Waals surface area contributed by atoms with E-state index in [4.69, 9.17) is 9.47 Å². The lowest BCUT2D eigenvalue weighted by Gasteiger charge is -2.10. The second kappa shape index (κ2) is 7.78. The van der Waals surface area contributed by atoms with Gasteiger partial charge in [0.05, 0.1) is 13.3 Å². The maximum atomic E-state index is 12.0. The minimum Gasteiger partial charge on any atom is -0.478 e. The molecule has 0 unspecified atom stereocenters. The van der Waals surface area contributed by atoms with E-state index >= 15 is 0 Å². The molecule has 0 fully saturated rings. The molecule has 2 N–H and O–H groups in total. The summed E-state index contributed by atoms with van der Waals surface area (Å²) in [7, 11) is 1.51. The Balaban J connectivity index is 1.61. The predicted octanol–water partition coefficient (Wildman–Crippen LogP) is 3.92. The topological polar surface area (TPSA) is 85.4 Å². The van der Waals surface area contributed by atoms with Crippen LogP contribution in [0.25, 0.3) is 0 Å². The van der Waals surface area contributed by atoms with Gasteiger partial charge in [-0.1, -0.05) is 18.2 Å². The van der Waals surface area contributed by atoms with Crippen LogP contribution in [0.5, 0.6) is 17.4 Å². The zero-order valence-corrected chi connectivity index (χ0v) is 13.5. The van der Waals surface area contributed by atoms with Crippen LogP contribution < -0.4 is 20.1 Å². The fraction of sp³-hybridized carbons (Fsp3) is 0.0556. The van der Waals surface area contributed by atoms with Gasteiger partial charge in [0, 0.05) is 11.4 Å². The molecule has 3 rings (SSSR count). The van der Waals surface area contributed by atoms with Gasteiger partial charge in [-0.3, -0.25) is 0 Å². The minimum atomic E-state index is -0.321. The van der Waals surface area contributed by atoms with E-state index in [1.165, 1.54) is 19.6 Å². The number of benzene rings is 2. The maximum absolute atomic E-state index is 12.0. The number of rotatable bonds is 5. The third kappa shape index (κ3) is 4.44. The zero-order valence-electron chi connectivity index (χ0n) is 13.5. The highest BCUT2D eigenvalue weighted by molar-refractivity contribution is 5.99. The van der Waals surface area contributed by atoms with Crippen LogP contribution in [-0.2, 0) is 0 Å². The molecule has 126 valence electrons. The van der Waals surface area contributed by atoms with Crippen molar-refractivity contribution in [3.63, 3.8) is 0 Å². The highest BCUT2D eigenvalue weighted by Crippen LogP contribution is 2.28. The number of nitrogens with one attached hydrogen (secondary N) is 2. The van der Waals surface area contributed by atoms with Crippen molar-refractivity contribution < 1.29 is 14.3 Å². The number of urea groups is 1. The van der Waals surface area contributed by atoms with E-state index in [2.05, 4.69) is 20.6 Å². The van der Waals surface area contributed by atoms with Gasteiger partial charge in [0.2, 0.25) is 5.75 Å². The average molecular weight is 336 g/mol. The number of methoxy groups -OCH3 is 1. The van der Waals surface area contributed by atoms with Gasteiger partial charge in [-0.15, -0.1) is 0 Å². The highest BCUT2D eigenvalue weighted by Gasteiger charge is 2.07. The molecule has 1 heterocycles. The van der Waals surface area contributed by atoms with E-state index in [9.17, 15) is 4.79 Å². The Hall–Kier alpha value is -3.61. The second-order valence-corrected chi connectivity index (χ2v) is 4.97. The third-order valence-electron chi connectivity index (χ3n) is 3.21. The van der Waals surface area contributed by atoms with E-state index in [-0.39, 0.29) is 6.03 Å². The predicted molar refractivity (Wildman–Crippen MR) is 94.2 cm³/mol. The molecule has 3 aromatic rings. The van der Waals surface area contributed by atoms with Crippen molar-refractivity contribution in [2.24, 2.45) is 0 Å². The van der Waals surface area contributed by atoms with Gasteiger partial charge in [-0.05, 0) is 36.4 Å². The molecule has 0 spiro atoms. The van der Waals surface area contributed by atoms with Gasteiger partial charge < -0.3 is 20.1 Å². The average Bonchev–Trinajstić information content (AvgIpc) is 2.64. The normalized spacial score (nSPS) is 9.96. The largest absolute Gasteiger partial charge is 0.478 e. The first-order chi connectivity index (χ1) is 12.2. The number of carbonyl (C=O) groups is 1. The first kappa shape index (κ1) is 16.3. The summed E-state index contributed by atoms with van der Waals surface area (Å²) >= 11 is 0. The Morgan fingerprint density at radius 2 is 1.64 bits per heavy atom. The molecule has 2 amide bonds. The number of aromatic nitrogens is 2. The van der Waals surface area contributed by atoms with Crippen LogP contribution in [0.3, 0.4) is 0 Å². The lowest BCUT2D eigenvalue weighted by atomic mass is 10.3. The minimum absolute atomic E-state index is 0.321. The van der Waals surface area contributed by atoms with E-state index in [1.807, 2.05) is 30.3 Å². The first-order valence-electron chi connectivity index (χ1n) is 7.49. The smallest absolute Gasteiger partial charge is 0.323 e. The molecule has 0 saturated heterocycles. The van der Waals surface area contributed by atoms with Crippen LogP contribution in [0.15, 0.2) is 67.1 Å². The fourth-order valence-corrected chi connectivity index (χ4v) is 2.08. The molecule has 0 aliphatic heterocycles. The molecule has 0 radical (unpaired) electrons. The molecular weight excluding hydrogens is 320 g/mol. The summed E-state index contributed by atoms with van der Waals surface area (Å²) in [5, 5.41) is 5.49. The summed E-state index contributed by atoms with van der Waals surface area (Å²) in [4.78, 5) is 19.8. The molecular formula is C18H16N4O3. The molecule has 1 aromatic heterocycles. The molecule has 7 heteroatoms. The Morgan fingerprint density at radius 1 is 0.960 bits per heavy atom. The van der Waals surface area contributed by atoms with Gasteiger partial charge in [0.1, 0.15) is 12.1 Å². The van der Waals surface area contributed by atoms with Crippen LogP contribution >= 0.6 is 0 Å². The van der Waals surface area contributed by atoms with Crippen LogP contribution in [-0.4, -0.2) is 23.1 Å². The summed E-state index contributed by atoms with van der Waals surface area (Å²) in [5.74, 6) is 1.33. The Labute approximate surface area is 144 Å². The fourth-order valence-electron chi connectivity index (χ4n) is 2.08. The standard InChI is InChI=1S/C18H16N4O3/c1-24-17-16(11-19-12-20-17)25-15-9-7-14(8-10-15)22-18(23)21-13-5-3-2-4-6-13/h2-12H,1H3,(H2,21,22,23). The van der Waals surface area contributed by atoms with E-state index < -0.39 is 0 Å². The lowest BCUT2D eigenvalue weighted by Crippen LogP contribution is -2.19. The van der Waals surface area contributed by atoms with Gasteiger partial charge in [0.15, 0.2) is 0 Å². The van der Waals surface area contributed by atoms with Crippen molar-refractivity contribution in [2.45, 2.75) is 0 Å². The molecule has 0 atom stereocenters. The van der Waals surface area contributed by atoms with Crippen LogP contribution in [0, 0.1) is 0 Å². The van der Waals surface area contributed by atoms with Crippen molar-refractivity contribution in [2.75, 3.05) is 17.7 Å². The second-order valence-electron chi connectivity index (χ2n) is 4.97. The number of carbonyl (C=O) groups excluding carboxylic acids is 1.